The molecule has 0 aromatic carbocycles. The van der Waals surface area contributed by atoms with Crippen molar-refractivity contribution in [3.63, 3.8) is 0 Å². The van der Waals surface area contributed by atoms with Crippen molar-refractivity contribution in [1.29, 1.82) is 0 Å². The minimum Gasteiger partial charge on any atom is -0.374 e. The van der Waals surface area contributed by atoms with Gasteiger partial charge in [0.1, 0.15) is 0 Å². The molecule has 1 aliphatic rings. The van der Waals surface area contributed by atoms with Crippen LogP contribution in [0, 0.1) is 5.92 Å². The lowest BCUT2D eigenvalue weighted by Gasteiger charge is -2.34. The second kappa shape index (κ2) is 11.5. The number of thioether (sulfide) groups is 1. The van der Waals surface area contributed by atoms with Gasteiger partial charge in [0.15, 0.2) is 0 Å². The molecule has 3 N–H and O–H groups in total. The molecular weight excluding hydrogens is 310 g/mol. The van der Waals surface area contributed by atoms with E-state index in [1.54, 1.807) is 11.8 Å². The lowest BCUT2D eigenvalue weighted by atomic mass is 10.1. The van der Waals surface area contributed by atoms with Crippen LogP contribution in [0.3, 0.4) is 0 Å². The molecule has 0 saturated carbocycles. The zero-order chi connectivity index (χ0) is 15.0. The topological polar surface area (TPSA) is 67.6 Å². The van der Waals surface area contributed by atoms with Crippen molar-refractivity contribution < 1.29 is 9.53 Å². The van der Waals surface area contributed by atoms with Crippen molar-refractivity contribution in [3.05, 3.63) is 0 Å². The van der Waals surface area contributed by atoms with E-state index in [1.165, 1.54) is 0 Å². The van der Waals surface area contributed by atoms with Crippen molar-refractivity contribution >= 4 is 30.1 Å². The van der Waals surface area contributed by atoms with Crippen LogP contribution in [0.2, 0.25) is 0 Å². The molecule has 0 aliphatic carbocycles. The molecule has 1 fully saturated rings. The zero-order valence-corrected chi connectivity index (χ0v) is 15.0. The lowest BCUT2D eigenvalue weighted by Crippen LogP contribution is -2.50. The number of hydrogen-bond donors (Lipinski definition) is 2. The van der Waals surface area contributed by atoms with Crippen molar-refractivity contribution in [2.45, 2.75) is 32.4 Å². The standard InChI is InChI=1S/C14H29N3O2S.ClH/c1-11(2)9-17-5-6-19-12(10-17)8-16-14(18)13(15)4-7-20-3;/h11-13H,4-10,15H2,1-3H3,(H,16,18);1H. The van der Waals surface area contributed by atoms with E-state index in [9.17, 15) is 4.79 Å². The Morgan fingerprint density at radius 2 is 2.24 bits per heavy atom. The first-order valence-electron chi connectivity index (χ1n) is 7.39. The van der Waals surface area contributed by atoms with Gasteiger partial charge in [0.2, 0.25) is 5.91 Å². The molecule has 0 aromatic heterocycles. The van der Waals surface area contributed by atoms with Gasteiger partial charge in [0.05, 0.1) is 18.8 Å². The van der Waals surface area contributed by atoms with E-state index in [0.717, 1.165) is 38.4 Å². The van der Waals surface area contributed by atoms with Gasteiger partial charge in [-0.05, 0) is 24.3 Å². The Morgan fingerprint density at radius 1 is 1.52 bits per heavy atom. The summed E-state index contributed by atoms with van der Waals surface area (Å²) in [4.78, 5) is 14.2. The summed E-state index contributed by atoms with van der Waals surface area (Å²) in [6, 6.07) is -0.405. The summed E-state index contributed by atoms with van der Waals surface area (Å²) >= 11 is 1.71. The van der Waals surface area contributed by atoms with Crippen LogP contribution in [0.5, 0.6) is 0 Å². The molecule has 21 heavy (non-hydrogen) atoms. The van der Waals surface area contributed by atoms with Crippen LogP contribution >= 0.6 is 24.2 Å². The smallest absolute Gasteiger partial charge is 0.237 e. The Balaban J connectivity index is 0.00000400. The number of ether oxygens (including phenoxy) is 1. The van der Waals surface area contributed by atoms with E-state index >= 15 is 0 Å². The van der Waals surface area contributed by atoms with Crippen LogP contribution in [-0.4, -0.2) is 67.7 Å². The molecule has 126 valence electrons. The van der Waals surface area contributed by atoms with E-state index in [0.29, 0.717) is 12.5 Å². The fraction of sp³-hybridized carbons (Fsp3) is 0.929. The van der Waals surface area contributed by atoms with Gasteiger partial charge in [-0.3, -0.25) is 9.69 Å². The third-order valence-electron chi connectivity index (χ3n) is 3.32. The lowest BCUT2D eigenvalue weighted by molar-refractivity contribution is -0.123. The Labute approximate surface area is 139 Å². The molecule has 2 atom stereocenters. The zero-order valence-electron chi connectivity index (χ0n) is 13.3. The number of nitrogens with two attached hydrogens (primary N) is 1. The first-order chi connectivity index (χ1) is 9.52. The maximum Gasteiger partial charge on any atom is 0.237 e. The summed E-state index contributed by atoms with van der Waals surface area (Å²) in [6.07, 6.45) is 2.82. The molecule has 0 spiro atoms. The normalized spacial score (nSPS) is 20.9. The summed E-state index contributed by atoms with van der Waals surface area (Å²) in [5.41, 5.74) is 5.84. The number of nitrogens with one attached hydrogen (secondary N) is 1. The molecule has 0 aromatic rings. The van der Waals surface area contributed by atoms with Gasteiger partial charge in [-0.15, -0.1) is 12.4 Å². The number of carbonyl (C=O) groups is 1. The first kappa shape index (κ1) is 21.0. The number of morpholine rings is 1. The molecular formula is C14H30ClN3O2S. The highest BCUT2D eigenvalue weighted by atomic mass is 35.5. The maximum absolute atomic E-state index is 11.8. The molecule has 0 radical (unpaired) electrons. The third kappa shape index (κ3) is 8.88. The van der Waals surface area contributed by atoms with E-state index in [4.69, 9.17) is 10.5 Å². The van der Waals surface area contributed by atoms with Crippen molar-refractivity contribution in [2.24, 2.45) is 11.7 Å². The van der Waals surface area contributed by atoms with Gasteiger partial charge < -0.3 is 15.8 Å². The Morgan fingerprint density at radius 3 is 2.86 bits per heavy atom. The van der Waals surface area contributed by atoms with Gasteiger partial charge in [-0.1, -0.05) is 13.8 Å². The van der Waals surface area contributed by atoms with Crippen LogP contribution in [0.4, 0.5) is 0 Å². The molecule has 1 rings (SSSR count). The Kier molecular flexibility index (Phi) is 11.5. The third-order valence-corrected chi connectivity index (χ3v) is 3.96. The highest BCUT2D eigenvalue weighted by molar-refractivity contribution is 7.98. The predicted molar refractivity (Wildman–Crippen MR) is 92.3 cm³/mol. The van der Waals surface area contributed by atoms with Gasteiger partial charge in [0.25, 0.3) is 0 Å². The van der Waals surface area contributed by atoms with Gasteiger partial charge in [0, 0.05) is 26.2 Å². The van der Waals surface area contributed by atoms with E-state index < -0.39 is 6.04 Å². The summed E-state index contributed by atoms with van der Waals surface area (Å²) in [7, 11) is 0. The molecule has 1 saturated heterocycles. The number of carbonyl (C=O) groups excluding carboxylic acids is 1. The van der Waals surface area contributed by atoms with Crippen LogP contribution in [0.1, 0.15) is 20.3 Å². The number of rotatable bonds is 8. The first-order valence-corrected chi connectivity index (χ1v) is 8.78. The minimum absolute atomic E-state index is 0. The molecule has 2 unspecified atom stereocenters. The monoisotopic (exact) mass is 339 g/mol. The number of hydrogen-bond acceptors (Lipinski definition) is 5. The van der Waals surface area contributed by atoms with Crippen LogP contribution < -0.4 is 11.1 Å². The highest BCUT2D eigenvalue weighted by Gasteiger charge is 2.22. The number of amides is 1. The fourth-order valence-electron chi connectivity index (χ4n) is 2.31. The second-order valence-corrected chi connectivity index (χ2v) is 6.76. The molecule has 0 bridgehead atoms. The quantitative estimate of drug-likeness (QED) is 0.689. The summed E-state index contributed by atoms with van der Waals surface area (Å²) in [5, 5.41) is 2.91. The number of halogens is 1. The van der Waals surface area contributed by atoms with Gasteiger partial charge >= 0.3 is 0 Å². The molecule has 1 amide bonds. The molecule has 5 nitrogen and oxygen atoms in total. The Hall–Kier alpha value is -0.0100. The summed E-state index contributed by atoms with van der Waals surface area (Å²) in [5.74, 6) is 1.50. The maximum atomic E-state index is 11.8. The fourth-order valence-corrected chi connectivity index (χ4v) is 2.80. The van der Waals surface area contributed by atoms with Crippen molar-refractivity contribution in [2.75, 3.05) is 44.8 Å². The average molecular weight is 340 g/mol. The van der Waals surface area contributed by atoms with E-state index in [2.05, 4.69) is 24.1 Å². The summed E-state index contributed by atoms with van der Waals surface area (Å²) < 4.78 is 5.70. The molecule has 1 aliphatic heterocycles. The predicted octanol–water partition coefficient (Wildman–Crippen LogP) is 0.962. The highest BCUT2D eigenvalue weighted by Crippen LogP contribution is 2.07. The SMILES string of the molecule is CSCCC(N)C(=O)NCC1CN(CC(C)C)CCO1.Cl. The van der Waals surface area contributed by atoms with E-state index in [-0.39, 0.29) is 24.4 Å². The van der Waals surface area contributed by atoms with Crippen LogP contribution in [0.15, 0.2) is 0 Å². The van der Waals surface area contributed by atoms with Gasteiger partial charge in [-0.2, -0.15) is 11.8 Å². The summed E-state index contributed by atoms with van der Waals surface area (Å²) in [6.45, 7) is 8.69. The molecule has 1 heterocycles. The van der Waals surface area contributed by atoms with Crippen molar-refractivity contribution in [1.82, 2.24) is 10.2 Å². The molecule has 7 heteroatoms. The minimum atomic E-state index is -0.405. The van der Waals surface area contributed by atoms with Crippen LogP contribution in [0.25, 0.3) is 0 Å². The largest absolute Gasteiger partial charge is 0.374 e. The average Bonchev–Trinajstić information content (AvgIpc) is 2.41. The second-order valence-electron chi connectivity index (χ2n) is 5.78. The Bertz CT molecular complexity index is 295. The van der Waals surface area contributed by atoms with Crippen molar-refractivity contribution in [3.8, 4) is 0 Å². The number of nitrogens with zero attached hydrogens (tertiary/aromatic N) is 1. The van der Waals surface area contributed by atoms with E-state index in [1.807, 2.05) is 6.26 Å². The van der Waals surface area contributed by atoms with Crippen LogP contribution in [-0.2, 0) is 9.53 Å². The van der Waals surface area contributed by atoms with Gasteiger partial charge in [-0.25, -0.2) is 0 Å².